The Hall–Kier alpha value is -1.44. The second-order valence-corrected chi connectivity index (χ2v) is 8.36. The van der Waals surface area contributed by atoms with Crippen molar-refractivity contribution >= 4 is 21.6 Å². The lowest BCUT2D eigenvalue weighted by atomic mass is 9.91. The van der Waals surface area contributed by atoms with Gasteiger partial charge >= 0.3 is 0 Å². The van der Waals surface area contributed by atoms with Crippen molar-refractivity contribution in [1.29, 1.82) is 0 Å². The summed E-state index contributed by atoms with van der Waals surface area (Å²) in [5, 5.41) is 7.92. The van der Waals surface area contributed by atoms with E-state index in [0.717, 1.165) is 13.1 Å². The lowest BCUT2D eigenvalue weighted by Gasteiger charge is -2.35. The third-order valence-corrected chi connectivity index (χ3v) is 5.37. The molecule has 6 nitrogen and oxygen atoms in total. The third-order valence-electron chi connectivity index (χ3n) is 4.46. The molecule has 1 aliphatic heterocycles. The number of quaternary nitrogens is 1. The van der Waals surface area contributed by atoms with Crippen molar-refractivity contribution in [3.05, 3.63) is 24.3 Å². The number of carbonyl (C=O) groups is 1. The summed E-state index contributed by atoms with van der Waals surface area (Å²) in [6, 6.07) is 5.84. The van der Waals surface area contributed by atoms with Gasteiger partial charge in [-0.15, -0.1) is 0 Å². The van der Waals surface area contributed by atoms with Crippen LogP contribution >= 0.6 is 0 Å². The van der Waals surface area contributed by atoms with Crippen LogP contribution in [0.4, 0.5) is 5.69 Å². The van der Waals surface area contributed by atoms with Crippen LogP contribution in [0, 0.1) is 11.8 Å². The van der Waals surface area contributed by atoms with Crippen LogP contribution in [0.1, 0.15) is 27.2 Å². The normalized spacial score (nSPS) is 26.5. The quantitative estimate of drug-likeness (QED) is 0.732. The van der Waals surface area contributed by atoms with E-state index >= 15 is 0 Å². The van der Waals surface area contributed by atoms with Crippen molar-refractivity contribution in [2.75, 3.05) is 18.4 Å². The smallest absolute Gasteiger partial charge is 0.282 e. The number of hydrogen-bond donors (Lipinski definition) is 3. The Kier molecular flexibility index (Phi) is 5.44. The second kappa shape index (κ2) is 6.98. The molecule has 0 aliphatic carbocycles. The number of piperidine rings is 1. The van der Waals surface area contributed by atoms with Crippen LogP contribution in [0.25, 0.3) is 0 Å². The first-order valence-electron chi connectivity index (χ1n) is 7.95. The molecule has 0 bridgehead atoms. The molecule has 128 valence electrons. The van der Waals surface area contributed by atoms with Crippen molar-refractivity contribution in [2.24, 2.45) is 17.0 Å². The van der Waals surface area contributed by atoms with Gasteiger partial charge in [-0.05, 0) is 31.5 Å². The van der Waals surface area contributed by atoms with Crippen molar-refractivity contribution in [1.82, 2.24) is 0 Å². The molecule has 0 spiro atoms. The summed E-state index contributed by atoms with van der Waals surface area (Å²) in [4.78, 5) is 13.7. The highest BCUT2D eigenvalue weighted by molar-refractivity contribution is 7.89. The lowest BCUT2D eigenvalue weighted by molar-refractivity contribution is -0.925. The van der Waals surface area contributed by atoms with Gasteiger partial charge in [-0.3, -0.25) is 4.79 Å². The molecule has 7 heteroatoms. The number of anilines is 1. The van der Waals surface area contributed by atoms with E-state index in [9.17, 15) is 13.2 Å². The fourth-order valence-electron chi connectivity index (χ4n) is 3.37. The number of rotatable bonds is 4. The van der Waals surface area contributed by atoms with E-state index in [1.807, 2.05) is 6.92 Å². The number of benzene rings is 1. The summed E-state index contributed by atoms with van der Waals surface area (Å²) in [5.74, 6) is 1.11. The second-order valence-electron chi connectivity index (χ2n) is 6.80. The Labute approximate surface area is 138 Å². The standard InChI is InChI=1S/C16H25N3O3S/c1-11-7-12(2)10-19(9-11)13(3)16(20)18-14-5-4-6-15(8-14)23(17,21)22/h4-6,8,11-13H,7,9-10H2,1-3H3,(H,18,20)(H2,17,21,22)/p+1/t11-,12+,13-/m0/s1. The minimum Gasteiger partial charge on any atom is -0.324 e. The summed E-state index contributed by atoms with van der Waals surface area (Å²) in [7, 11) is -3.77. The average molecular weight is 340 g/mol. The predicted molar refractivity (Wildman–Crippen MR) is 89.5 cm³/mol. The van der Waals surface area contributed by atoms with Crippen LogP contribution in [0.15, 0.2) is 29.2 Å². The van der Waals surface area contributed by atoms with E-state index in [1.165, 1.54) is 23.5 Å². The molecule has 1 aromatic carbocycles. The zero-order valence-electron chi connectivity index (χ0n) is 13.9. The van der Waals surface area contributed by atoms with Crippen LogP contribution in [0.3, 0.4) is 0 Å². The maximum absolute atomic E-state index is 12.5. The van der Waals surface area contributed by atoms with Crippen molar-refractivity contribution in [2.45, 2.75) is 38.1 Å². The molecule has 1 aromatic rings. The van der Waals surface area contributed by atoms with Crippen molar-refractivity contribution < 1.29 is 18.1 Å². The highest BCUT2D eigenvalue weighted by Gasteiger charge is 2.32. The van der Waals surface area contributed by atoms with Gasteiger partial charge in [0.25, 0.3) is 5.91 Å². The highest BCUT2D eigenvalue weighted by Crippen LogP contribution is 2.15. The molecule has 0 saturated carbocycles. The Balaban J connectivity index is 2.07. The number of amides is 1. The predicted octanol–water partition coefficient (Wildman–Crippen LogP) is 0.222. The summed E-state index contributed by atoms with van der Waals surface area (Å²) < 4.78 is 22.8. The number of carbonyl (C=O) groups excluding carboxylic acids is 1. The van der Waals surface area contributed by atoms with E-state index in [-0.39, 0.29) is 16.8 Å². The maximum Gasteiger partial charge on any atom is 0.282 e. The molecule has 4 N–H and O–H groups in total. The van der Waals surface area contributed by atoms with Crippen molar-refractivity contribution in [3.8, 4) is 0 Å². The molecule has 1 unspecified atom stereocenters. The molecule has 23 heavy (non-hydrogen) atoms. The van der Waals surface area contributed by atoms with Gasteiger partial charge in [-0.1, -0.05) is 19.9 Å². The largest absolute Gasteiger partial charge is 0.324 e. The number of primary sulfonamides is 1. The van der Waals surface area contributed by atoms with Crippen LogP contribution in [-0.4, -0.2) is 33.5 Å². The van der Waals surface area contributed by atoms with Crippen molar-refractivity contribution in [3.63, 3.8) is 0 Å². The van der Waals surface area contributed by atoms with E-state index in [0.29, 0.717) is 17.5 Å². The molecular formula is C16H26N3O3S+. The summed E-state index contributed by atoms with van der Waals surface area (Å²) in [5.41, 5.74) is 0.450. The molecule has 1 amide bonds. The monoisotopic (exact) mass is 340 g/mol. The van der Waals surface area contributed by atoms with Gasteiger partial charge < -0.3 is 10.2 Å². The minimum atomic E-state index is -3.77. The SMILES string of the molecule is C[C@@H]1C[C@H](C)C[NH+]([C@@H](C)C(=O)Nc2cccc(S(N)(=O)=O)c2)C1. The molecule has 1 aliphatic rings. The zero-order chi connectivity index (χ0) is 17.2. The Bertz CT molecular complexity index is 665. The molecule has 4 atom stereocenters. The first-order valence-corrected chi connectivity index (χ1v) is 9.49. The Morgan fingerprint density at radius 3 is 2.48 bits per heavy atom. The van der Waals surface area contributed by atoms with Gasteiger partial charge in [0.1, 0.15) is 0 Å². The van der Waals surface area contributed by atoms with E-state index in [4.69, 9.17) is 5.14 Å². The number of nitrogens with one attached hydrogen (secondary N) is 2. The lowest BCUT2D eigenvalue weighted by Crippen LogP contribution is -3.18. The Morgan fingerprint density at radius 1 is 1.30 bits per heavy atom. The van der Waals surface area contributed by atoms with Gasteiger partial charge in [0.15, 0.2) is 6.04 Å². The molecule has 1 fully saturated rings. The summed E-state index contributed by atoms with van der Waals surface area (Å²) >= 11 is 0. The van der Waals surface area contributed by atoms with E-state index in [1.54, 1.807) is 12.1 Å². The van der Waals surface area contributed by atoms with Gasteiger partial charge in [-0.2, -0.15) is 0 Å². The Morgan fingerprint density at radius 2 is 1.91 bits per heavy atom. The van der Waals surface area contributed by atoms with E-state index < -0.39 is 10.0 Å². The molecule has 1 heterocycles. The van der Waals surface area contributed by atoms with Gasteiger partial charge in [0.05, 0.1) is 18.0 Å². The summed E-state index contributed by atoms with van der Waals surface area (Å²) in [6.07, 6.45) is 1.20. The molecule has 0 radical (unpaired) electrons. The van der Waals surface area contributed by atoms with Gasteiger partial charge in [0.2, 0.25) is 10.0 Å². The molecule has 0 aromatic heterocycles. The first kappa shape index (κ1) is 17.9. The number of sulfonamides is 1. The van der Waals surface area contributed by atoms with Gasteiger partial charge in [0, 0.05) is 17.5 Å². The molecular weight excluding hydrogens is 314 g/mol. The van der Waals surface area contributed by atoms with Crippen LogP contribution in [0.5, 0.6) is 0 Å². The van der Waals surface area contributed by atoms with Gasteiger partial charge in [-0.25, -0.2) is 13.6 Å². The maximum atomic E-state index is 12.5. The third kappa shape index (κ3) is 4.76. The highest BCUT2D eigenvalue weighted by atomic mass is 32.2. The number of nitrogens with two attached hydrogens (primary N) is 1. The number of hydrogen-bond acceptors (Lipinski definition) is 3. The fourth-order valence-corrected chi connectivity index (χ4v) is 3.93. The van der Waals surface area contributed by atoms with Crippen LogP contribution < -0.4 is 15.4 Å². The molecule has 1 saturated heterocycles. The topological polar surface area (TPSA) is 93.7 Å². The fraction of sp³-hybridized carbons (Fsp3) is 0.562. The minimum absolute atomic E-state index is 0.00415. The van der Waals surface area contributed by atoms with Crippen LogP contribution in [0.2, 0.25) is 0 Å². The average Bonchev–Trinajstić information content (AvgIpc) is 2.44. The first-order chi connectivity index (χ1) is 10.7. The van der Waals surface area contributed by atoms with E-state index in [2.05, 4.69) is 19.2 Å². The zero-order valence-corrected chi connectivity index (χ0v) is 14.7. The molecule has 2 rings (SSSR count). The summed E-state index contributed by atoms with van der Waals surface area (Å²) in [6.45, 7) is 8.32. The van der Waals surface area contributed by atoms with Crippen LogP contribution in [-0.2, 0) is 14.8 Å². The number of likely N-dealkylation sites (tertiary alicyclic amines) is 1.